The van der Waals surface area contributed by atoms with Crippen LogP contribution in [-0.4, -0.2) is 28.4 Å². The summed E-state index contributed by atoms with van der Waals surface area (Å²) in [5.41, 5.74) is 7.01. The van der Waals surface area contributed by atoms with Crippen LogP contribution in [-0.2, 0) is 6.54 Å². The first-order valence-electron chi connectivity index (χ1n) is 6.22. The predicted octanol–water partition coefficient (Wildman–Crippen LogP) is 1.55. The lowest BCUT2D eigenvalue weighted by molar-refractivity contribution is 0.0743. The molecule has 1 saturated carbocycles. The van der Waals surface area contributed by atoms with Crippen molar-refractivity contribution < 1.29 is 4.79 Å². The summed E-state index contributed by atoms with van der Waals surface area (Å²) >= 11 is 0. The van der Waals surface area contributed by atoms with Crippen molar-refractivity contribution in [3.8, 4) is 0 Å². The zero-order chi connectivity index (χ0) is 12.3. The van der Waals surface area contributed by atoms with Crippen LogP contribution in [0.5, 0.6) is 0 Å². The monoisotopic (exact) mass is 233 g/mol. The summed E-state index contributed by atoms with van der Waals surface area (Å²) in [5.74, 6) is 0.117. The zero-order valence-electron chi connectivity index (χ0n) is 10.2. The van der Waals surface area contributed by atoms with Gasteiger partial charge in [0.15, 0.2) is 0 Å². The third-order valence-electron chi connectivity index (χ3n) is 2.99. The summed E-state index contributed by atoms with van der Waals surface area (Å²) in [6, 6.07) is 4.02. The largest absolute Gasteiger partial charge is 0.336 e. The highest BCUT2D eigenvalue weighted by Gasteiger charge is 2.32. The lowest BCUT2D eigenvalue weighted by Gasteiger charge is -2.21. The molecule has 1 amide bonds. The van der Waals surface area contributed by atoms with Crippen LogP contribution < -0.4 is 5.73 Å². The summed E-state index contributed by atoms with van der Waals surface area (Å²) in [4.78, 5) is 18.4. The van der Waals surface area contributed by atoms with Crippen molar-refractivity contribution in [2.75, 3.05) is 6.54 Å². The first-order valence-corrected chi connectivity index (χ1v) is 6.22. The van der Waals surface area contributed by atoms with Gasteiger partial charge in [0.1, 0.15) is 0 Å². The first-order chi connectivity index (χ1) is 8.26. The summed E-state index contributed by atoms with van der Waals surface area (Å²) < 4.78 is 0. The molecule has 1 fully saturated rings. The van der Waals surface area contributed by atoms with Crippen molar-refractivity contribution in [2.45, 2.75) is 38.8 Å². The van der Waals surface area contributed by atoms with E-state index in [0.717, 1.165) is 31.5 Å². The standard InChI is InChI=1S/C13H19N3O/c1-2-7-16(12-3-4-12)13(17)10-5-6-15-11(8-10)9-14/h5-6,8,12H,2-4,7,9,14H2,1H3. The smallest absolute Gasteiger partial charge is 0.254 e. The molecule has 2 N–H and O–H groups in total. The van der Waals surface area contributed by atoms with E-state index in [-0.39, 0.29) is 5.91 Å². The van der Waals surface area contributed by atoms with Gasteiger partial charge in [0.25, 0.3) is 5.91 Å². The topological polar surface area (TPSA) is 59.2 Å². The number of carbonyl (C=O) groups is 1. The molecule has 0 saturated heterocycles. The molecule has 0 bridgehead atoms. The first kappa shape index (κ1) is 12.0. The van der Waals surface area contributed by atoms with Crippen LogP contribution >= 0.6 is 0 Å². The number of nitrogens with two attached hydrogens (primary N) is 1. The van der Waals surface area contributed by atoms with Gasteiger partial charge < -0.3 is 10.6 Å². The summed E-state index contributed by atoms with van der Waals surface area (Å²) in [6.07, 6.45) is 4.94. The molecule has 4 heteroatoms. The van der Waals surface area contributed by atoms with E-state index in [1.807, 2.05) is 4.90 Å². The number of hydrogen-bond donors (Lipinski definition) is 1. The maximum atomic E-state index is 12.3. The van der Waals surface area contributed by atoms with Gasteiger partial charge in [-0.1, -0.05) is 6.92 Å². The Kier molecular flexibility index (Phi) is 3.74. The Hall–Kier alpha value is -1.42. The number of hydrogen-bond acceptors (Lipinski definition) is 3. The van der Waals surface area contributed by atoms with Crippen molar-refractivity contribution in [3.05, 3.63) is 29.6 Å². The zero-order valence-corrected chi connectivity index (χ0v) is 10.2. The second-order valence-electron chi connectivity index (χ2n) is 4.47. The Bertz CT molecular complexity index is 401. The van der Waals surface area contributed by atoms with Gasteiger partial charge in [0.05, 0.1) is 5.69 Å². The maximum Gasteiger partial charge on any atom is 0.254 e. The van der Waals surface area contributed by atoms with Gasteiger partial charge in [-0.15, -0.1) is 0 Å². The second-order valence-corrected chi connectivity index (χ2v) is 4.47. The number of rotatable bonds is 5. The molecule has 0 radical (unpaired) electrons. The minimum absolute atomic E-state index is 0.117. The fraction of sp³-hybridized carbons (Fsp3) is 0.538. The fourth-order valence-electron chi connectivity index (χ4n) is 1.97. The quantitative estimate of drug-likeness (QED) is 0.839. The molecule has 1 aromatic heterocycles. The van der Waals surface area contributed by atoms with Crippen molar-refractivity contribution >= 4 is 5.91 Å². The van der Waals surface area contributed by atoms with Gasteiger partial charge in [0.2, 0.25) is 0 Å². The molecule has 1 heterocycles. The fourth-order valence-corrected chi connectivity index (χ4v) is 1.97. The second kappa shape index (κ2) is 5.27. The van der Waals surface area contributed by atoms with E-state index in [2.05, 4.69) is 11.9 Å². The molecule has 2 rings (SSSR count). The van der Waals surface area contributed by atoms with E-state index in [4.69, 9.17) is 5.73 Å². The van der Waals surface area contributed by atoms with Crippen molar-refractivity contribution in [2.24, 2.45) is 5.73 Å². The van der Waals surface area contributed by atoms with E-state index in [9.17, 15) is 4.79 Å². The number of pyridine rings is 1. The SMILES string of the molecule is CCCN(C(=O)c1ccnc(CN)c1)C1CC1. The molecular formula is C13H19N3O. The van der Waals surface area contributed by atoms with Crippen LogP contribution in [0.25, 0.3) is 0 Å². The van der Waals surface area contributed by atoms with E-state index in [0.29, 0.717) is 18.2 Å². The van der Waals surface area contributed by atoms with Crippen molar-refractivity contribution in [1.82, 2.24) is 9.88 Å². The maximum absolute atomic E-state index is 12.3. The minimum atomic E-state index is 0.117. The van der Waals surface area contributed by atoms with Gasteiger partial charge in [-0.05, 0) is 31.4 Å². The highest BCUT2D eigenvalue weighted by Crippen LogP contribution is 2.28. The highest BCUT2D eigenvalue weighted by molar-refractivity contribution is 5.94. The Balaban J connectivity index is 2.15. The molecule has 0 atom stereocenters. The summed E-state index contributed by atoms with van der Waals surface area (Å²) in [5, 5.41) is 0. The molecule has 1 aromatic rings. The Morgan fingerprint density at radius 1 is 1.59 bits per heavy atom. The lowest BCUT2D eigenvalue weighted by Crippen LogP contribution is -2.33. The summed E-state index contributed by atoms with van der Waals surface area (Å²) in [7, 11) is 0. The Morgan fingerprint density at radius 3 is 2.94 bits per heavy atom. The molecule has 0 spiro atoms. The van der Waals surface area contributed by atoms with Crippen molar-refractivity contribution in [1.29, 1.82) is 0 Å². The van der Waals surface area contributed by atoms with E-state index in [1.54, 1.807) is 18.3 Å². The minimum Gasteiger partial charge on any atom is -0.336 e. The number of carbonyl (C=O) groups excluding carboxylic acids is 1. The van der Waals surface area contributed by atoms with E-state index < -0.39 is 0 Å². The molecule has 17 heavy (non-hydrogen) atoms. The molecule has 0 aliphatic heterocycles. The normalized spacial score (nSPS) is 14.7. The molecule has 1 aliphatic rings. The van der Waals surface area contributed by atoms with E-state index in [1.165, 1.54) is 0 Å². The van der Waals surface area contributed by atoms with Gasteiger partial charge >= 0.3 is 0 Å². The number of aromatic nitrogens is 1. The lowest BCUT2D eigenvalue weighted by atomic mass is 10.2. The molecule has 0 unspecified atom stereocenters. The van der Waals surface area contributed by atoms with Gasteiger partial charge in [-0.3, -0.25) is 9.78 Å². The predicted molar refractivity (Wildman–Crippen MR) is 66.5 cm³/mol. The molecule has 0 aromatic carbocycles. The third-order valence-corrected chi connectivity index (χ3v) is 2.99. The average Bonchev–Trinajstić information content (AvgIpc) is 3.19. The molecular weight excluding hydrogens is 214 g/mol. The van der Waals surface area contributed by atoms with Gasteiger partial charge in [0, 0.05) is 30.9 Å². The molecule has 92 valence electrons. The van der Waals surface area contributed by atoms with Crippen LogP contribution in [0, 0.1) is 0 Å². The van der Waals surface area contributed by atoms with Crippen molar-refractivity contribution in [3.63, 3.8) is 0 Å². The molecule has 1 aliphatic carbocycles. The Labute approximate surface area is 102 Å². The summed E-state index contributed by atoms with van der Waals surface area (Å²) in [6.45, 7) is 3.31. The van der Waals surface area contributed by atoms with Gasteiger partial charge in [-0.2, -0.15) is 0 Å². The van der Waals surface area contributed by atoms with Gasteiger partial charge in [-0.25, -0.2) is 0 Å². The van der Waals surface area contributed by atoms with Crippen LogP contribution in [0.15, 0.2) is 18.3 Å². The van der Waals surface area contributed by atoms with Crippen LogP contribution in [0.4, 0.5) is 0 Å². The Morgan fingerprint density at radius 2 is 2.35 bits per heavy atom. The van der Waals surface area contributed by atoms with Crippen LogP contribution in [0.3, 0.4) is 0 Å². The van der Waals surface area contributed by atoms with E-state index >= 15 is 0 Å². The molecule has 4 nitrogen and oxygen atoms in total. The van der Waals surface area contributed by atoms with Crippen LogP contribution in [0.1, 0.15) is 42.2 Å². The average molecular weight is 233 g/mol. The highest BCUT2D eigenvalue weighted by atomic mass is 16.2. The number of nitrogens with zero attached hydrogens (tertiary/aromatic N) is 2. The number of amides is 1. The van der Waals surface area contributed by atoms with Crippen LogP contribution in [0.2, 0.25) is 0 Å². The third kappa shape index (κ3) is 2.82.